The van der Waals surface area contributed by atoms with E-state index in [1.807, 2.05) is 80.3 Å². The SMILES string of the molecule is CNC(=O)[C@H](Cc1ccccc1)NCCN(C[C@@H](C(=O)OC[Si](C)(C)C)N1C(=O)c2ccccc2C1=O)C(=O)OCc1ccccc1. The summed E-state index contributed by atoms with van der Waals surface area (Å²) in [5.41, 5.74) is 2.06. The van der Waals surface area contributed by atoms with Gasteiger partial charge in [-0.25, -0.2) is 9.59 Å². The standard InChI is InChI=1S/C35H42N4O7Si/c1-36-31(40)29(21-25-13-7-5-8-14-25)37-19-20-38(35(44)45-23-26-15-9-6-10-16-26)22-30(34(43)46-24-47(2,3)4)39-32(41)27-17-11-12-18-28(27)33(39)42/h5-18,29-30,37H,19-24H2,1-4H3,(H,36,40)/t29-,30-/m0/s1. The van der Waals surface area contributed by atoms with Crippen LogP contribution in [0.3, 0.4) is 0 Å². The van der Waals surface area contributed by atoms with E-state index >= 15 is 0 Å². The molecule has 0 saturated carbocycles. The lowest BCUT2D eigenvalue weighted by molar-refractivity contribution is -0.147. The molecule has 0 radical (unpaired) electrons. The topological polar surface area (TPSA) is 134 Å². The lowest BCUT2D eigenvalue weighted by Gasteiger charge is -2.31. The van der Waals surface area contributed by atoms with Crippen LogP contribution in [0.2, 0.25) is 19.6 Å². The predicted octanol–water partition coefficient (Wildman–Crippen LogP) is 3.66. The Labute approximate surface area is 276 Å². The van der Waals surface area contributed by atoms with Crippen LogP contribution in [0.25, 0.3) is 0 Å². The van der Waals surface area contributed by atoms with E-state index in [4.69, 9.17) is 9.47 Å². The first kappa shape index (κ1) is 35.0. The number of carbonyl (C=O) groups excluding carboxylic acids is 5. The van der Waals surface area contributed by atoms with Crippen LogP contribution >= 0.6 is 0 Å². The van der Waals surface area contributed by atoms with Gasteiger partial charge >= 0.3 is 12.1 Å². The Hall–Kier alpha value is -4.81. The molecule has 47 heavy (non-hydrogen) atoms. The highest BCUT2D eigenvalue weighted by Gasteiger charge is 2.45. The van der Waals surface area contributed by atoms with E-state index in [1.165, 1.54) is 17.0 Å². The molecule has 2 atom stereocenters. The van der Waals surface area contributed by atoms with Crippen LogP contribution in [0, 0.1) is 0 Å². The molecule has 4 rings (SSSR count). The number of benzene rings is 3. The Morgan fingerprint density at radius 1 is 0.809 bits per heavy atom. The number of nitrogens with zero attached hydrogens (tertiary/aromatic N) is 2. The zero-order chi connectivity index (χ0) is 34.0. The second kappa shape index (κ2) is 16.1. The summed E-state index contributed by atoms with van der Waals surface area (Å²) in [6.45, 7) is 5.81. The first-order chi connectivity index (χ1) is 22.5. The number of fused-ring (bicyclic) bond motifs is 1. The van der Waals surface area contributed by atoms with E-state index in [1.54, 1.807) is 19.2 Å². The number of rotatable bonds is 15. The molecule has 0 fully saturated rings. The van der Waals surface area contributed by atoms with Crippen molar-refractivity contribution in [3.05, 3.63) is 107 Å². The monoisotopic (exact) mass is 658 g/mol. The number of amides is 4. The Morgan fingerprint density at radius 2 is 1.36 bits per heavy atom. The fourth-order valence-corrected chi connectivity index (χ4v) is 5.64. The third-order valence-corrected chi connectivity index (χ3v) is 8.54. The van der Waals surface area contributed by atoms with Gasteiger partial charge in [-0.1, -0.05) is 92.4 Å². The molecule has 2 N–H and O–H groups in total. The molecule has 0 spiro atoms. The number of likely N-dealkylation sites (N-methyl/N-ethyl adjacent to an activating group) is 1. The maximum absolute atomic E-state index is 13.7. The summed E-state index contributed by atoms with van der Waals surface area (Å²) in [6, 6.07) is 22.9. The summed E-state index contributed by atoms with van der Waals surface area (Å²) < 4.78 is 11.3. The van der Waals surface area contributed by atoms with E-state index < -0.39 is 44.0 Å². The molecule has 11 nitrogen and oxygen atoms in total. The molecule has 0 aromatic heterocycles. The molecule has 3 aromatic carbocycles. The van der Waals surface area contributed by atoms with Gasteiger partial charge in [-0.15, -0.1) is 0 Å². The highest BCUT2D eigenvalue weighted by Crippen LogP contribution is 2.26. The third kappa shape index (κ3) is 9.60. The highest BCUT2D eigenvalue weighted by atomic mass is 28.3. The largest absolute Gasteiger partial charge is 0.468 e. The van der Waals surface area contributed by atoms with Crippen molar-refractivity contribution in [1.29, 1.82) is 0 Å². The van der Waals surface area contributed by atoms with Crippen LogP contribution in [0.5, 0.6) is 0 Å². The Balaban J connectivity index is 1.58. The molecule has 4 amide bonds. The number of imide groups is 1. The summed E-state index contributed by atoms with van der Waals surface area (Å²) in [6.07, 6.45) is -0.187. The number of nitrogens with one attached hydrogen (secondary N) is 2. The summed E-state index contributed by atoms with van der Waals surface area (Å²) in [7, 11) is -0.330. The van der Waals surface area contributed by atoms with Crippen molar-refractivity contribution in [2.45, 2.75) is 44.8 Å². The van der Waals surface area contributed by atoms with Crippen LogP contribution in [-0.2, 0) is 32.1 Å². The molecular weight excluding hydrogens is 616 g/mol. The van der Waals surface area contributed by atoms with Crippen molar-refractivity contribution in [3.8, 4) is 0 Å². The highest BCUT2D eigenvalue weighted by molar-refractivity contribution is 6.76. The van der Waals surface area contributed by atoms with Gasteiger partial charge in [0.25, 0.3) is 11.8 Å². The van der Waals surface area contributed by atoms with Gasteiger partial charge in [0.1, 0.15) is 6.61 Å². The number of esters is 1. The average molecular weight is 659 g/mol. The lowest BCUT2D eigenvalue weighted by atomic mass is 10.1. The van der Waals surface area contributed by atoms with Crippen LogP contribution in [-0.4, -0.2) is 92.7 Å². The van der Waals surface area contributed by atoms with E-state index in [9.17, 15) is 24.0 Å². The van der Waals surface area contributed by atoms with Crippen LogP contribution in [0.4, 0.5) is 4.79 Å². The molecule has 3 aromatic rings. The van der Waals surface area contributed by atoms with Gasteiger partial charge in [-0.3, -0.25) is 19.3 Å². The Bertz CT molecular complexity index is 1530. The number of hydrogen-bond donors (Lipinski definition) is 2. The van der Waals surface area contributed by atoms with Crippen LogP contribution < -0.4 is 10.6 Å². The van der Waals surface area contributed by atoms with Crippen molar-refractivity contribution in [1.82, 2.24) is 20.4 Å². The second-order valence-corrected chi connectivity index (χ2v) is 17.9. The van der Waals surface area contributed by atoms with Gasteiger partial charge in [0, 0.05) is 20.1 Å². The quantitative estimate of drug-likeness (QED) is 0.144. The zero-order valence-electron chi connectivity index (χ0n) is 27.2. The van der Waals surface area contributed by atoms with E-state index in [2.05, 4.69) is 10.6 Å². The minimum absolute atomic E-state index is 0.00310. The van der Waals surface area contributed by atoms with Crippen LogP contribution in [0.1, 0.15) is 31.8 Å². The summed E-state index contributed by atoms with van der Waals surface area (Å²) >= 11 is 0. The number of ether oxygens (including phenoxy) is 2. The molecular formula is C35H42N4O7Si. The molecule has 12 heteroatoms. The average Bonchev–Trinajstić information content (AvgIpc) is 3.32. The first-order valence-electron chi connectivity index (χ1n) is 15.6. The van der Waals surface area contributed by atoms with Crippen molar-refractivity contribution in [2.24, 2.45) is 0 Å². The molecule has 0 saturated heterocycles. The van der Waals surface area contributed by atoms with Gasteiger partial charge in [0.05, 0.1) is 38.0 Å². The molecule has 248 valence electrons. The Kier molecular flexibility index (Phi) is 12.0. The van der Waals surface area contributed by atoms with E-state index in [0.29, 0.717) is 6.42 Å². The Morgan fingerprint density at radius 3 is 1.91 bits per heavy atom. The molecule has 0 unspecified atom stereocenters. The number of hydrogen-bond acceptors (Lipinski definition) is 8. The molecule has 1 heterocycles. The van der Waals surface area contributed by atoms with Crippen molar-refractivity contribution < 1.29 is 33.4 Å². The fourth-order valence-electron chi connectivity index (χ4n) is 5.07. The maximum Gasteiger partial charge on any atom is 0.410 e. The summed E-state index contributed by atoms with van der Waals surface area (Å²) in [5.74, 6) is -2.30. The number of carbonyl (C=O) groups is 5. The van der Waals surface area contributed by atoms with Gasteiger partial charge in [-0.05, 0) is 29.7 Å². The summed E-state index contributed by atoms with van der Waals surface area (Å²) in [5, 5.41) is 5.87. The lowest BCUT2D eigenvalue weighted by Crippen LogP contribution is -2.55. The normalized spacial score (nSPS) is 13.8. The maximum atomic E-state index is 13.7. The van der Waals surface area contributed by atoms with Crippen LogP contribution in [0.15, 0.2) is 84.9 Å². The first-order valence-corrected chi connectivity index (χ1v) is 19.3. The van der Waals surface area contributed by atoms with Gasteiger partial charge in [0.15, 0.2) is 6.04 Å². The second-order valence-electron chi connectivity index (χ2n) is 12.5. The smallest absolute Gasteiger partial charge is 0.410 e. The van der Waals surface area contributed by atoms with Gasteiger partial charge < -0.3 is 25.0 Å². The van der Waals surface area contributed by atoms with Crippen molar-refractivity contribution in [3.63, 3.8) is 0 Å². The zero-order valence-corrected chi connectivity index (χ0v) is 28.2. The molecule has 1 aliphatic heterocycles. The minimum atomic E-state index is -1.88. The summed E-state index contributed by atoms with van der Waals surface area (Å²) in [4.78, 5) is 69.2. The van der Waals surface area contributed by atoms with E-state index in [-0.39, 0.29) is 49.5 Å². The predicted molar refractivity (Wildman–Crippen MR) is 179 cm³/mol. The van der Waals surface area contributed by atoms with Crippen molar-refractivity contribution >= 4 is 37.9 Å². The third-order valence-electron chi connectivity index (χ3n) is 7.53. The minimum Gasteiger partial charge on any atom is -0.468 e. The molecule has 0 aliphatic carbocycles. The van der Waals surface area contributed by atoms with E-state index in [0.717, 1.165) is 16.0 Å². The van der Waals surface area contributed by atoms with Gasteiger partial charge in [-0.2, -0.15) is 0 Å². The molecule has 1 aliphatic rings. The molecule has 0 bridgehead atoms. The fraction of sp³-hybridized carbons (Fsp3) is 0.343. The van der Waals surface area contributed by atoms with Gasteiger partial charge in [0.2, 0.25) is 5.91 Å². The van der Waals surface area contributed by atoms with Crippen molar-refractivity contribution in [2.75, 3.05) is 32.9 Å².